The molecule has 138 valence electrons. The normalized spacial score (nSPS) is 10.3. The van der Waals surface area contributed by atoms with Gasteiger partial charge in [0.25, 0.3) is 5.91 Å². The van der Waals surface area contributed by atoms with Crippen LogP contribution < -0.4 is 10.1 Å². The molecule has 27 heavy (non-hydrogen) atoms. The number of hydrogen-bond donors (Lipinski definition) is 1. The lowest BCUT2D eigenvalue weighted by Crippen LogP contribution is -2.21. The number of amides is 1. The molecule has 0 aliphatic heterocycles. The van der Waals surface area contributed by atoms with E-state index in [9.17, 15) is 14.0 Å². The largest absolute Gasteiger partial charge is 0.468 e. The van der Waals surface area contributed by atoms with Gasteiger partial charge in [0.1, 0.15) is 5.82 Å². The Morgan fingerprint density at radius 2 is 2.00 bits per heavy atom. The maximum Gasteiger partial charge on any atom is 0.340 e. The standard InChI is InChI=1S/C19H15FN2O4S/c1-25-19(24)14-10-27-11-16(14)22-17(23)9-26-18-7-6-12(8-21-18)13-4-2-3-5-15(13)20/h2-8,10-11H,9H2,1H3,(H,22,23). The summed E-state index contributed by atoms with van der Waals surface area (Å²) in [4.78, 5) is 27.7. The summed E-state index contributed by atoms with van der Waals surface area (Å²) in [6, 6.07) is 9.59. The molecule has 0 unspecified atom stereocenters. The Kier molecular flexibility index (Phi) is 5.77. The van der Waals surface area contributed by atoms with Crippen LogP contribution in [-0.4, -0.2) is 30.6 Å². The number of aromatic nitrogens is 1. The number of esters is 1. The van der Waals surface area contributed by atoms with Gasteiger partial charge in [-0.25, -0.2) is 14.2 Å². The Bertz CT molecular complexity index is 956. The van der Waals surface area contributed by atoms with E-state index in [1.54, 1.807) is 41.1 Å². The molecule has 1 N–H and O–H groups in total. The smallest absolute Gasteiger partial charge is 0.340 e. The fraction of sp³-hybridized carbons (Fsp3) is 0.105. The van der Waals surface area contributed by atoms with Gasteiger partial charge in [-0.3, -0.25) is 4.79 Å². The van der Waals surface area contributed by atoms with Crippen LogP contribution >= 0.6 is 11.3 Å². The monoisotopic (exact) mass is 386 g/mol. The minimum Gasteiger partial charge on any atom is -0.468 e. The second-order valence-electron chi connectivity index (χ2n) is 5.39. The molecule has 1 aromatic carbocycles. The predicted octanol–water partition coefficient (Wildman–Crippen LogP) is 3.75. The molecule has 0 spiro atoms. The number of pyridine rings is 1. The third-order valence-electron chi connectivity index (χ3n) is 3.61. The number of ether oxygens (including phenoxy) is 2. The van der Waals surface area contributed by atoms with Gasteiger partial charge >= 0.3 is 5.97 Å². The van der Waals surface area contributed by atoms with Gasteiger partial charge in [0, 0.05) is 34.2 Å². The summed E-state index contributed by atoms with van der Waals surface area (Å²) >= 11 is 1.27. The van der Waals surface area contributed by atoms with Crippen molar-refractivity contribution >= 4 is 28.9 Å². The third kappa shape index (κ3) is 4.48. The van der Waals surface area contributed by atoms with E-state index in [0.29, 0.717) is 16.8 Å². The van der Waals surface area contributed by atoms with E-state index >= 15 is 0 Å². The van der Waals surface area contributed by atoms with Crippen molar-refractivity contribution in [2.75, 3.05) is 19.0 Å². The van der Waals surface area contributed by atoms with Crippen molar-refractivity contribution < 1.29 is 23.5 Å². The van der Waals surface area contributed by atoms with Gasteiger partial charge in [-0.05, 0) is 12.1 Å². The molecule has 8 heteroatoms. The highest BCUT2D eigenvalue weighted by Gasteiger charge is 2.15. The van der Waals surface area contributed by atoms with Crippen LogP contribution in [0.4, 0.5) is 10.1 Å². The first kappa shape index (κ1) is 18.5. The Morgan fingerprint density at radius 1 is 1.19 bits per heavy atom. The van der Waals surface area contributed by atoms with Crippen LogP contribution in [0.25, 0.3) is 11.1 Å². The minimum atomic E-state index is -0.530. The number of rotatable bonds is 6. The van der Waals surface area contributed by atoms with Gasteiger partial charge in [-0.15, -0.1) is 11.3 Å². The maximum absolute atomic E-state index is 13.8. The molecule has 0 saturated heterocycles. The summed E-state index contributed by atoms with van der Waals surface area (Å²) in [6.07, 6.45) is 1.47. The van der Waals surface area contributed by atoms with Crippen LogP contribution in [0, 0.1) is 5.82 Å². The van der Waals surface area contributed by atoms with E-state index in [4.69, 9.17) is 4.74 Å². The number of halogens is 1. The predicted molar refractivity (Wildman–Crippen MR) is 99.4 cm³/mol. The van der Waals surface area contributed by atoms with Crippen LogP contribution in [0.2, 0.25) is 0 Å². The zero-order valence-electron chi connectivity index (χ0n) is 14.3. The molecule has 1 amide bonds. The first-order valence-electron chi connectivity index (χ1n) is 7.86. The molecule has 0 radical (unpaired) electrons. The molecule has 2 heterocycles. The zero-order valence-corrected chi connectivity index (χ0v) is 15.1. The molecule has 3 aromatic rings. The summed E-state index contributed by atoms with van der Waals surface area (Å²) in [5.74, 6) is -1.09. The molecule has 0 saturated carbocycles. The number of nitrogens with zero attached hydrogens (tertiary/aromatic N) is 1. The molecule has 0 fully saturated rings. The summed E-state index contributed by atoms with van der Waals surface area (Å²) in [7, 11) is 1.27. The van der Waals surface area contributed by atoms with E-state index in [0.717, 1.165) is 0 Å². The van der Waals surface area contributed by atoms with Crippen LogP contribution in [0.1, 0.15) is 10.4 Å². The maximum atomic E-state index is 13.8. The fourth-order valence-electron chi connectivity index (χ4n) is 2.31. The Morgan fingerprint density at radius 3 is 2.70 bits per heavy atom. The number of nitrogens with one attached hydrogen (secondary N) is 1. The number of carbonyl (C=O) groups excluding carboxylic acids is 2. The molecule has 0 aliphatic rings. The number of methoxy groups -OCH3 is 1. The van der Waals surface area contributed by atoms with E-state index < -0.39 is 11.9 Å². The van der Waals surface area contributed by atoms with Crippen molar-refractivity contribution in [2.24, 2.45) is 0 Å². The SMILES string of the molecule is COC(=O)c1cscc1NC(=O)COc1ccc(-c2ccccc2F)cn1. The topological polar surface area (TPSA) is 77.5 Å². The highest BCUT2D eigenvalue weighted by atomic mass is 32.1. The van der Waals surface area contributed by atoms with Crippen molar-refractivity contribution in [3.63, 3.8) is 0 Å². The average Bonchev–Trinajstić information content (AvgIpc) is 3.14. The first-order valence-corrected chi connectivity index (χ1v) is 8.81. The Labute approximate surface area is 158 Å². The van der Waals surface area contributed by atoms with Crippen LogP contribution in [0.15, 0.2) is 53.4 Å². The Balaban J connectivity index is 1.59. The second kappa shape index (κ2) is 8.41. The summed E-state index contributed by atoms with van der Waals surface area (Å²) in [6.45, 7) is -0.289. The lowest BCUT2D eigenvalue weighted by molar-refractivity contribution is -0.118. The summed E-state index contributed by atoms with van der Waals surface area (Å²) in [5.41, 5.74) is 1.68. The Hall–Kier alpha value is -3.26. The third-order valence-corrected chi connectivity index (χ3v) is 4.36. The van der Waals surface area contributed by atoms with Crippen molar-refractivity contribution in [1.29, 1.82) is 0 Å². The van der Waals surface area contributed by atoms with Crippen LogP contribution in [0.5, 0.6) is 5.88 Å². The van der Waals surface area contributed by atoms with Crippen LogP contribution in [0.3, 0.4) is 0 Å². The number of benzene rings is 1. The molecule has 2 aromatic heterocycles. The lowest BCUT2D eigenvalue weighted by atomic mass is 10.1. The van der Waals surface area contributed by atoms with E-state index in [1.165, 1.54) is 30.7 Å². The number of carbonyl (C=O) groups is 2. The molecule has 0 bridgehead atoms. The fourth-order valence-corrected chi connectivity index (χ4v) is 3.06. The van der Waals surface area contributed by atoms with Crippen molar-refractivity contribution in [1.82, 2.24) is 4.98 Å². The zero-order chi connectivity index (χ0) is 19.2. The summed E-state index contributed by atoms with van der Waals surface area (Å²) < 4.78 is 23.8. The van der Waals surface area contributed by atoms with E-state index in [2.05, 4.69) is 15.0 Å². The van der Waals surface area contributed by atoms with Gasteiger partial charge in [-0.2, -0.15) is 0 Å². The van der Waals surface area contributed by atoms with E-state index in [1.807, 2.05) is 0 Å². The summed E-state index contributed by atoms with van der Waals surface area (Å²) in [5, 5.41) is 5.81. The highest BCUT2D eigenvalue weighted by Crippen LogP contribution is 2.23. The van der Waals surface area contributed by atoms with Gasteiger partial charge in [0.15, 0.2) is 6.61 Å². The number of thiophene rings is 1. The molecular weight excluding hydrogens is 371 g/mol. The average molecular weight is 386 g/mol. The quantitative estimate of drug-likeness (QED) is 0.653. The first-order chi connectivity index (χ1) is 13.1. The highest BCUT2D eigenvalue weighted by molar-refractivity contribution is 7.08. The van der Waals surface area contributed by atoms with Gasteiger partial charge in [0.2, 0.25) is 5.88 Å². The van der Waals surface area contributed by atoms with Gasteiger partial charge < -0.3 is 14.8 Å². The lowest BCUT2D eigenvalue weighted by Gasteiger charge is -2.08. The van der Waals surface area contributed by atoms with E-state index in [-0.39, 0.29) is 23.9 Å². The minimum absolute atomic E-state index is 0.226. The molecule has 3 rings (SSSR count). The van der Waals surface area contributed by atoms with Gasteiger partial charge in [-0.1, -0.05) is 18.2 Å². The molecular formula is C19H15FN2O4S. The van der Waals surface area contributed by atoms with Crippen molar-refractivity contribution in [3.8, 4) is 17.0 Å². The number of hydrogen-bond acceptors (Lipinski definition) is 6. The van der Waals surface area contributed by atoms with Crippen molar-refractivity contribution in [2.45, 2.75) is 0 Å². The molecule has 0 aliphatic carbocycles. The van der Waals surface area contributed by atoms with Crippen LogP contribution in [-0.2, 0) is 9.53 Å². The number of anilines is 1. The molecule has 0 atom stereocenters. The van der Waals surface area contributed by atoms with Crippen molar-refractivity contribution in [3.05, 3.63) is 64.7 Å². The molecule has 6 nitrogen and oxygen atoms in total. The van der Waals surface area contributed by atoms with Gasteiger partial charge in [0.05, 0.1) is 18.4 Å². The second-order valence-corrected chi connectivity index (χ2v) is 6.14.